The van der Waals surface area contributed by atoms with Gasteiger partial charge in [0, 0.05) is 56.2 Å². The average molecular weight is 243 g/mol. The van der Waals surface area contributed by atoms with Crippen molar-refractivity contribution in [2.24, 2.45) is 0 Å². The number of thioether (sulfide) groups is 1. The van der Waals surface area contributed by atoms with Gasteiger partial charge in [-0.3, -0.25) is 4.79 Å². The van der Waals surface area contributed by atoms with Crippen LogP contribution in [0.25, 0.3) is 0 Å². The zero-order valence-corrected chi connectivity index (χ0v) is 10.7. The van der Waals surface area contributed by atoms with Gasteiger partial charge in [-0.05, 0) is 6.92 Å². The van der Waals surface area contributed by atoms with E-state index in [1.165, 1.54) is 5.75 Å². The van der Waals surface area contributed by atoms with E-state index >= 15 is 0 Å². The molecule has 2 rings (SSSR count). The van der Waals surface area contributed by atoms with Crippen LogP contribution in [-0.2, 0) is 4.79 Å². The molecule has 1 unspecified atom stereocenters. The monoisotopic (exact) mass is 243 g/mol. The number of carbonyl (C=O) groups is 1. The van der Waals surface area contributed by atoms with Crippen LogP contribution >= 0.6 is 11.8 Å². The van der Waals surface area contributed by atoms with Crippen LogP contribution in [0.4, 0.5) is 0 Å². The number of hydrogen-bond donors (Lipinski definition) is 2. The number of rotatable bonds is 2. The minimum Gasteiger partial charge on any atom is -0.337 e. The molecule has 0 spiro atoms. The Morgan fingerprint density at radius 3 is 3.06 bits per heavy atom. The van der Waals surface area contributed by atoms with Crippen molar-refractivity contribution in [2.45, 2.75) is 25.4 Å². The molecule has 0 aromatic heterocycles. The van der Waals surface area contributed by atoms with Gasteiger partial charge >= 0.3 is 0 Å². The summed E-state index contributed by atoms with van der Waals surface area (Å²) in [7, 11) is 0. The molecule has 2 atom stereocenters. The molecule has 0 aromatic carbocycles. The molecule has 1 amide bonds. The van der Waals surface area contributed by atoms with Crippen molar-refractivity contribution in [2.75, 3.05) is 37.7 Å². The van der Waals surface area contributed by atoms with E-state index < -0.39 is 0 Å². The van der Waals surface area contributed by atoms with E-state index in [2.05, 4.69) is 17.6 Å². The predicted molar refractivity (Wildman–Crippen MR) is 67.8 cm³/mol. The molecule has 2 saturated heterocycles. The fraction of sp³-hybridized carbons (Fsp3) is 0.909. The Morgan fingerprint density at radius 2 is 2.38 bits per heavy atom. The van der Waals surface area contributed by atoms with E-state index in [9.17, 15) is 4.79 Å². The van der Waals surface area contributed by atoms with Crippen molar-refractivity contribution in [1.82, 2.24) is 15.5 Å². The highest BCUT2D eigenvalue weighted by Gasteiger charge is 2.25. The third kappa shape index (κ3) is 3.12. The molecule has 0 aliphatic carbocycles. The molecule has 2 fully saturated rings. The molecule has 92 valence electrons. The summed E-state index contributed by atoms with van der Waals surface area (Å²) < 4.78 is 0. The number of nitrogens with zero attached hydrogens (tertiary/aromatic N) is 1. The topological polar surface area (TPSA) is 44.4 Å². The molecule has 2 N–H and O–H groups in total. The van der Waals surface area contributed by atoms with Crippen molar-refractivity contribution in [3.8, 4) is 0 Å². The van der Waals surface area contributed by atoms with Crippen molar-refractivity contribution < 1.29 is 4.79 Å². The van der Waals surface area contributed by atoms with Gasteiger partial charge in [-0.25, -0.2) is 0 Å². The Balaban J connectivity index is 1.81. The number of nitrogens with one attached hydrogen (secondary N) is 2. The Morgan fingerprint density at radius 1 is 1.50 bits per heavy atom. The highest BCUT2D eigenvalue weighted by Crippen LogP contribution is 2.13. The second-order valence-electron chi connectivity index (χ2n) is 4.57. The van der Waals surface area contributed by atoms with E-state index in [4.69, 9.17) is 0 Å². The molecule has 5 heteroatoms. The van der Waals surface area contributed by atoms with Gasteiger partial charge in [0.05, 0.1) is 0 Å². The first kappa shape index (κ1) is 12.2. The molecule has 16 heavy (non-hydrogen) atoms. The Kier molecular flexibility index (Phi) is 4.49. The van der Waals surface area contributed by atoms with Crippen LogP contribution < -0.4 is 10.6 Å². The van der Waals surface area contributed by atoms with Crippen LogP contribution in [0, 0.1) is 0 Å². The summed E-state index contributed by atoms with van der Waals surface area (Å²) in [6, 6.07) is 0.728. The first-order valence-corrected chi connectivity index (χ1v) is 7.24. The standard InChI is InChI=1S/C11H21N3OS/c1-9-7-12-2-4-14(9)11(15)6-10-8-16-5-3-13-10/h9-10,12-13H,2-8H2,1H3/t9-,10?/m1/s1. The Labute approximate surface area is 102 Å². The third-order valence-corrected chi connectivity index (χ3v) is 4.37. The Hall–Kier alpha value is -0.260. The maximum absolute atomic E-state index is 12.1. The molecule has 0 bridgehead atoms. The van der Waals surface area contributed by atoms with Gasteiger partial charge < -0.3 is 15.5 Å². The van der Waals surface area contributed by atoms with Crippen LogP contribution in [0.5, 0.6) is 0 Å². The first-order chi connectivity index (χ1) is 7.77. The summed E-state index contributed by atoms with van der Waals surface area (Å²) in [5, 5.41) is 6.73. The van der Waals surface area contributed by atoms with Crippen LogP contribution in [0.15, 0.2) is 0 Å². The molecular weight excluding hydrogens is 222 g/mol. The molecular formula is C11H21N3OS. The van der Waals surface area contributed by atoms with E-state index in [-0.39, 0.29) is 0 Å². The minimum absolute atomic E-state index is 0.314. The van der Waals surface area contributed by atoms with E-state index in [0.29, 0.717) is 24.4 Å². The molecule has 0 aromatic rings. The first-order valence-electron chi connectivity index (χ1n) is 6.08. The lowest BCUT2D eigenvalue weighted by atomic mass is 10.1. The zero-order chi connectivity index (χ0) is 11.4. The second kappa shape index (κ2) is 5.89. The van der Waals surface area contributed by atoms with Crippen molar-refractivity contribution in [3.63, 3.8) is 0 Å². The minimum atomic E-state index is 0.314. The summed E-state index contributed by atoms with van der Waals surface area (Å²) >= 11 is 1.95. The van der Waals surface area contributed by atoms with E-state index in [1.807, 2.05) is 16.7 Å². The third-order valence-electron chi connectivity index (χ3n) is 3.24. The fourth-order valence-corrected chi connectivity index (χ4v) is 3.24. The molecule has 2 heterocycles. The number of hydrogen-bond acceptors (Lipinski definition) is 4. The average Bonchev–Trinajstić information content (AvgIpc) is 2.31. The second-order valence-corrected chi connectivity index (χ2v) is 5.72. The van der Waals surface area contributed by atoms with Gasteiger partial charge in [0.1, 0.15) is 0 Å². The van der Waals surface area contributed by atoms with Gasteiger partial charge in [-0.1, -0.05) is 0 Å². The van der Waals surface area contributed by atoms with Gasteiger partial charge in [-0.2, -0.15) is 11.8 Å². The van der Waals surface area contributed by atoms with Crippen molar-refractivity contribution in [3.05, 3.63) is 0 Å². The Bertz CT molecular complexity index is 243. The number of piperazine rings is 1. The van der Waals surface area contributed by atoms with E-state index in [0.717, 1.165) is 31.9 Å². The summed E-state index contributed by atoms with van der Waals surface area (Å²) in [5.74, 6) is 2.56. The van der Waals surface area contributed by atoms with Crippen LogP contribution in [0.1, 0.15) is 13.3 Å². The summed E-state index contributed by atoms with van der Waals surface area (Å²) in [4.78, 5) is 14.2. The predicted octanol–water partition coefficient (Wildman–Crippen LogP) is -0.0982. The highest BCUT2D eigenvalue weighted by atomic mass is 32.2. The summed E-state index contributed by atoms with van der Waals surface area (Å²) in [6.07, 6.45) is 0.664. The lowest BCUT2D eigenvalue weighted by molar-refractivity contribution is -0.134. The molecule has 0 saturated carbocycles. The molecule has 0 radical (unpaired) electrons. The molecule has 4 nitrogen and oxygen atoms in total. The molecule has 2 aliphatic rings. The zero-order valence-electron chi connectivity index (χ0n) is 9.87. The van der Waals surface area contributed by atoms with Crippen LogP contribution in [0.3, 0.4) is 0 Å². The molecule has 2 aliphatic heterocycles. The fourth-order valence-electron chi connectivity index (χ4n) is 2.29. The summed E-state index contributed by atoms with van der Waals surface area (Å²) in [6.45, 7) is 5.88. The van der Waals surface area contributed by atoms with Gasteiger partial charge in [0.2, 0.25) is 5.91 Å². The number of amides is 1. The maximum Gasteiger partial charge on any atom is 0.224 e. The largest absolute Gasteiger partial charge is 0.337 e. The van der Waals surface area contributed by atoms with Crippen molar-refractivity contribution >= 4 is 17.7 Å². The van der Waals surface area contributed by atoms with Crippen LogP contribution in [0.2, 0.25) is 0 Å². The maximum atomic E-state index is 12.1. The normalized spacial score (nSPS) is 31.4. The van der Waals surface area contributed by atoms with Crippen LogP contribution in [-0.4, -0.2) is 60.6 Å². The summed E-state index contributed by atoms with van der Waals surface area (Å²) in [5.41, 5.74) is 0. The van der Waals surface area contributed by atoms with E-state index in [1.54, 1.807) is 0 Å². The SMILES string of the molecule is C[C@@H]1CNCCN1C(=O)CC1CSCCN1. The smallest absolute Gasteiger partial charge is 0.224 e. The highest BCUT2D eigenvalue weighted by molar-refractivity contribution is 7.99. The van der Waals surface area contributed by atoms with Gasteiger partial charge in [0.25, 0.3) is 0 Å². The lowest BCUT2D eigenvalue weighted by Crippen LogP contribution is -2.53. The van der Waals surface area contributed by atoms with Gasteiger partial charge in [-0.15, -0.1) is 0 Å². The number of carbonyl (C=O) groups excluding carboxylic acids is 1. The van der Waals surface area contributed by atoms with Gasteiger partial charge in [0.15, 0.2) is 0 Å². The quantitative estimate of drug-likeness (QED) is 0.711. The van der Waals surface area contributed by atoms with Crippen molar-refractivity contribution in [1.29, 1.82) is 0 Å². The lowest BCUT2D eigenvalue weighted by Gasteiger charge is -2.35.